The van der Waals surface area contributed by atoms with E-state index in [4.69, 9.17) is 49.8 Å². The number of nitrogens with zero attached hydrogens (tertiary/aromatic N) is 18. The third-order valence-corrected chi connectivity index (χ3v) is 41.1. The van der Waals surface area contributed by atoms with E-state index in [-0.39, 0.29) is 12.1 Å². The van der Waals surface area contributed by atoms with Gasteiger partial charge in [0.2, 0.25) is 47.1 Å². The number of hydrogen-bond acceptors (Lipinski definition) is 14. The summed E-state index contributed by atoms with van der Waals surface area (Å²) in [6, 6.07) is 150. The first-order valence-corrected chi connectivity index (χ1v) is 52.6. The van der Waals surface area contributed by atoms with E-state index in [2.05, 4.69) is 467 Å². The molecular formula is C118H74N18S2Si2. The first-order chi connectivity index (χ1) is 69.4. The molecule has 2 atom stereocenters. The molecule has 12 heterocycles. The molecule has 22 heteroatoms. The van der Waals surface area contributed by atoms with Crippen molar-refractivity contribution in [3.05, 3.63) is 437 Å². The minimum Gasteiger partial charge on any atom is -0.300 e. The summed E-state index contributed by atoms with van der Waals surface area (Å²) in [6.45, 7) is 0. The number of para-hydroxylation sites is 10. The van der Waals surface area contributed by atoms with Crippen LogP contribution in [0.3, 0.4) is 0 Å². The second kappa shape index (κ2) is 30.3. The van der Waals surface area contributed by atoms with E-state index in [9.17, 15) is 0 Å². The zero-order valence-electron chi connectivity index (χ0n) is 74.6. The van der Waals surface area contributed by atoms with Gasteiger partial charge in [-0.2, -0.15) is 29.9 Å². The Bertz CT molecular complexity index is 9890. The average molecular weight is 1860 g/mol. The van der Waals surface area contributed by atoms with Gasteiger partial charge in [0.15, 0.2) is 27.8 Å². The number of allylic oxidation sites excluding steroid dienone is 2. The molecule has 0 saturated heterocycles. The molecule has 2 unspecified atom stereocenters. The lowest BCUT2D eigenvalue weighted by molar-refractivity contribution is 0.741. The van der Waals surface area contributed by atoms with E-state index in [1.807, 2.05) is 28.7 Å². The highest BCUT2D eigenvalue weighted by Crippen LogP contribution is 2.48. The lowest BCUT2D eigenvalue weighted by Crippen LogP contribution is -2.74. The van der Waals surface area contributed by atoms with Crippen LogP contribution in [-0.2, 0) is 0 Å². The van der Waals surface area contributed by atoms with Gasteiger partial charge in [-0.3, -0.25) is 13.2 Å². The van der Waals surface area contributed by atoms with Gasteiger partial charge in [-0.15, -0.1) is 22.7 Å². The SMILES string of the molecule is C1=CC2N=C3N(c4nc(-c5ccc([Si](c6ccccc6)(c6ccccc6)c6ccc7sc8ccccc8c7c6)cc5)nc(-n5c6ccccc6n6c7cc(-c8ccc9nc%10n(-c%11nc(-c%12ccc([Si](c%13ccccc%13)(c%13ccccc%13)c%13cccc%14c%13sc%13ccccc%13%14)cc%12)nc(-n%12c%13ccccc%13n%13c%14ccccc%14nc%12%13)n%11)c%11ccccc%11n%10c9c8)ccc7nc56)n4)c4ccccc4N3C2C=C1. The first kappa shape index (κ1) is 78.5. The van der Waals surface area contributed by atoms with Crippen molar-refractivity contribution < 1.29 is 0 Å². The van der Waals surface area contributed by atoms with Crippen LogP contribution >= 0.6 is 22.7 Å². The Morgan fingerprint density at radius 2 is 0.643 bits per heavy atom. The summed E-state index contributed by atoms with van der Waals surface area (Å²) in [4.78, 5) is 60.4. The van der Waals surface area contributed by atoms with Crippen molar-refractivity contribution in [3.63, 3.8) is 0 Å². The number of thiophene rings is 2. The predicted octanol–water partition coefficient (Wildman–Crippen LogP) is 21.0. The van der Waals surface area contributed by atoms with Crippen LogP contribution in [0.2, 0.25) is 0 Å². The fourth-order valence-electron chi connectivity index (χ4n) is 22.8. The molecule has 27 aromatic rings. The molecule has 0 bridgehead atoms. The van der Waals surface area contributed by atoms with Gasteiger partial charge in [0.05, 0.1) is 89.7 Å². The molecule has 140 heavy (non-hydrogen) atoms. The third kappa shape index (κ3) is 11.4. The molecule has 3 aliphatic rings. The maximum atomic E-state index is 5.67. The fraction of sp³-hybridized carbons (Fsp3) is 0.0169. The van der Waals surface area contributed by atoms with Crippen LogP contribution < -0.4 is 51.3 Å². The molecule has 0 N–H and O–H groups in total. The Kier molecular flexibility index (Phi) is 17.0. The van der Waals surface area contributed by atoms with Crippen LogP contribution in [0.15, 0.2) is 442 Å². The van der Waals surface area contributed by atoms with Gasteiger partial charge in [-0.05, 0) is 156 Å². The van der Waals surface area contributed by atoms with Crippen LogP contribution in [0.5, 0.6) is 0 Å². The summed E-state index contributed by atoms with van der Waals surface area (Å²) >= 11 is 3.73. The van der Waals surface area contributed by atoms with E-state index < -0.39 is 16.1 Å². The maximum absolute atomic E-state index is 5.67. The minimum absolute atomic E-state index is 0.0339. The smallest absolute Gasteiger partial charge is 0.242 e. The van der Waals surface area contributed by atoms with Crippen LogP contribution in [0, 0.1) is 0 Å². The summed E-state index contributed by atoms with van der Waals surface area (Å²) in [5.74, 6) is 5.27. The molecule has 17 aromatic carbocycles. The molecule has 1 aliphatic carbocycles. The topological polar surface area (TPSA) is 163 Å². The number of anilines is 3. The van der Waals surface area contributed by atoms with Crippen molar-refractivity contribution in [1.29, 1.82) is 0 Å². The van der Waals surface area contributed by atoms with Crippen molar-refractivity contribution in [2.45, 2.75) is 12.1 Å². The largest absolute Gasteiger partial charge is 0.300 e. The predicted molar refractivity (Wildman–Crippen MR) is 576 cm³/mol. The monoisotopic (exact) mass is 1860 g/mol. The number of imidazole rings is 6. The van der Waals surface area contributed by atoms with Gasteiger partial charge < -0.3 is 4.90 Å². The van der Waals surface area contributed by atoms with Crippen LogP contribution in [-0.4, -0.2) is 106 Å². The number of benzene rings is 17. The summed E-state index contributed by atoms with van der Waals surface area (Å²) in [5, 5.41) is 15.3. The second-order valence-electron chi connectivity index (χ2n) is 36.2. The van der Waals surface area contributed by atoms with Crippen molar-refractivity contribution in [1.82, 2.24) is 71.8 Å². The summed E-state index contributed by atoms with van der Waals surface area (Å²) in [7, 11) is -6.22. The van der Waals surface area contributed by atoms with Crippen molar-refractivity contribution >= 4 is 227 Å². The highest BCUT2D eigenvalue weighted by Gasteiger charge is 2.48. The highest BCUT2D eigenvalue weighted by molar-refractivity contribution is 7.31. The Hall–Kier alpha value is -17.8. The van der Waals surface area contributed by atoms with E-state index in [1.165, 1.54) is 81.8 Å². The van der Waals surface area contributed by atoms with Gasteiger partial charge in [-0.25, -0.2) is 38.5 Å². The second-order valence-corrected chi connectivity index (χ2v) is 45.9. The van der Waals surface area contributed by atoms with Crippen LogP contribution in [0.25, 0.3) is 176 Å². The number of fused-ring (bicyclic) bond motifs is 26. The van der Waals surface area contributed by atoms with Gasteiger partial charge in [0.25, 0.3) is 0 Å². The number of guanidine groups is 1. The molecule has 0 saturated carbocycles. The highest BCUT2D eigenvalue weighted by atomic mass is 32.1. The molecule has 0 radical (unpaired) electrons. The molecule has 0 fully saturated rings. The quantitative estimate of drug-likeness (QED) is 0.0709. The van der Waals surface area contributed by atoms with E-state index in [0.29, 0.717) is 52.8 Å². The third-order valence-electron chi connectivity index (χ3n) is 28.9. The molecule has 18 nitrogen and oxygen atoms in total. The Labute approximate surface area is 808 Å². The molecule has 656 valence electrons. The minimum atomic E-state index is -3.13. The van der Waals surface area contributed by atoms with E-state index in [1.54, 1.807) is 0 Å². The van der Waals surface area contributed by atoms with Crippen molar-refractivity contribution in [2.24, 2.45) is 4.99 Å². The van der Waals surface area contributed by atoms with Gasteiger partial charge in [-0.1, -0.05) is 334 Å². The number of hydrogen-bond donors (Lipinski definition) is 0. The normalized spacial score (nSPS) is 14.4. The molecule has 0 amide bonds. The number of aromatic nitrogens is 15. The average Bonchev–Trinajstić information content (AvgIpc) is 1.30. The van der Waals surface area contributed by atoms with Gasteiger partial charge in [0.1, 0.15) is 0 Å². The summed E-state index contributed by atoms with van der Waals surface area (Å²) in [6.07, 6.45) is 8.62. The zero-order chi connectivity index (χ0) is 91.6. The summed E-state index contributed by atoms with van der Waals surface area (Å²) < 4.78 is 18.1. The Balaban J connectivity index is 0.574. The van der Waals surface area contributed by atoms with E-state index >= 15 is 0 Å². The fourth-order valence-corrected chi connectivity index (χ4v) is 35.2. The van der Waals surface area contributed by atoms with Crippen LogP contribution in [0.1, 0.15) is 0 Å². The lowest BCUT2D eigenvalue weighted by atomic mass is 10.0. The summed E-state index contributed by atoms with van der Waals surface area (Å²) in [5.41, 5.74) is 16.2. The molecule has 2 aliphatic heterocycles. The lowest BCUT2D eigenvalue weighted by Gasteiger charge is -2.35. The molecule has 10 aromatic heterocycles. The van der Waals surface area contributed by atoms with Crippen molar-refractivity contribution in [2.75, 3.05) is 9.80 Å². The Morgan fingerprint density at radius 1 is 0.250 bits per heavy atom. The first-order valence-electron chi connectivity index (χ1n) is 47.0. The zero-order valence-corrected chi connectivity index (χ0v) is 78.2. The van der Waals surface area contributed by atoms with E-state index in [0.717, 1.165) is 106 Å². The Morgan fingerprint density at radius 3 is 1.19 bits per heavy atom. The van der Waals surface area contributed by atoms with Crippen molar-refractivity contribution in [3.8, 4) is 51.7 Å². The van der Waals surface area contributed by atoms with Crippen LogP contribution in [0.4, 0.5) is 17.3 Å². The van der Waals surface area contributed by atoms with Gasteiger partial charge >= 0.3 is 0 Å². The molecule has 0 spiro atoms. The number of rotatable bonds is 15. The number of aliphatic imine (C=N–C) groups is 1. The molecular weight excluding hydrogens is 1790 g/mol. The molecule has 30 rings (SSSR count). The van der Waals surface area contributed by atoms with Gasteiger partial charge in [0, 0.05) is 51.5 Å². The maximum Gasteiger partial charge on any atom is 0.242 e. The standard InChI is InChI=1S/C118H74N18S2Si2/c1-5-30-77(31-6-1)139(78-32-7-2-8-33-78,83-66-69-106-87(72-83)85-39-14-27-53-104(85)137-106)81-62-56-73(57-63-81)109-123-111(133-98-49-23-19-45-94(98)129-92-43-17-15-41-88(92)119-115(129)133)127-113(125-109)135-100-51-25-21-47-96(100)131-102-70-75(60-67-90(102)121-117(131)135)76-61-68-91-103(71-76)132-97-48-22-26-52-101(97)136(118(132)122-91)114-126-110(124-112(128-114)134-99-50-24-20-46-95(99)130-93-44-18-16-42-89(93)120-116(130)134)74-58-64-82(65-59-74)140(79-34-9-3-10-35-79,80-36-11-4-12-37-80)107-55-29-40-86-84-38-13-28-54-105(84)138-108(86)107/h1-72,88,92H.